The third-order valence-electron chi connectivity index (χ3n) is 3.90. The highest BCUT2D eigenvalue weighted by molar-refractivity contribution is 5.64. The lowest BCUT2D eigenvalue weighted by Crippen LogP contribution is -2.06. The fourth-order valence-corrected chi connectivity index (χ4v) is 2.49. The summed E-state index contributed by atoms with van der Waals surface area (Å²) in [6.07, 6.45) is 3.48. The van der Waals surface area contributed by atoms with Crippen molar-refractivity contribution in [1.82, 2.24) is 0 Å². The number of aryl methyl sites for hydroxylation is 2. The van der Waals surface area contributed by atoms with Crippen LogP contribution in [0.15, 0.2) is 48.5 Å². The van der Waals surface area contributed by atoms with Crippen molar-refractivity contribution in [3.05, 3.63) is 59.7 Å². The highest BCUT2D eigenvalue weighted by Crippen LogP contribution is 2.22. The molecule has 0 aliphatic carbocycles. The average molecular weight is 267 g/mol. The van der Waals surface area contributed by atoms with E-state index in [0.717, 1.165) is 19.4 Å². The van der Waals surface area contributed by atoms with Gasteiger partial charge in [0.1, 0.15) is 0 Å². The molecule has 0 saturated carbocycles. The molecule has 106 valence electrons. The molecule has 0 bridgehead atoms. The van der Waals surface area contributed by atoms with Gasteiger partial charge >= 0.3 is 0 Å². The van der Waals surface area contributed by atoms with Crippen molar-refractivity contribution in [2.45, 2.75) is 33.1 Å². The van der Waals surface area contributed by atoms with Crippen LogP contribution in [0, 0.1) is 12.8 Å². The normalized spacial score (nSPS) is 12.3. The van der Waals surface area contributed by atoms with Crippen LogP contribution in [0.4, 0.5) is 0 Å². The van der Waals surface area contributed by atoms with Crippen LogP contribution in [0.2, 0.25) is 0 Å². The molecule has 0 aliphatic rings. The number of hydrogen-bond donors (Lipinski definition) is 1. The van der Waals surface area contributed by atoms with Crippen LogP contribution in [0.25, 0.3) is 11.1 Å². The minimum absolute atomic E-state index is 0.711. The van der Waals surface area contributed by atoms with E-state index in [4.69, 9.17) is 5.73 Å². The van der Waals surface area contributed by atoms with Gasteiger partial charge in [-0.25, -0.2) is 0 Å². The van der Waals surface area contributed by atoms with E-state index in [1.807, 2.05) is 0 Å². The average Bonchev–Trinajstić information content (AvgIpc) is 2.47. The highest BCUT2D eigenvalue weighted by atomic mass is 14.5. The lowest BCUT2D eigenvalue weighted by molar-refractivity contribution is 0.500. The van der Waals surface area contributed by atoms with Crippen molar-refractivity contribution in [2.75, 3.05) is 6.54 Å². The fourth-order valence-electron chi connectivity index (χ4n) is 2.49. The quantitative estimate of drug-likeness (QED) is 0.814. The smallest absolute Gasteiger partial charge is 0.00747 e. The van der Waals surface area contributed by atoms with Gasteiger partial charge in [0.05, 0.1) is 0 Å². The Hall–Kier alpha value is -1.60. The molecule has 0 fully saturated rings. The molecule has 0 aromatic heterocycles. The molecule has 2 N–H and O–H groups in total. The summed E-state index contributed by atoms with van der Waals surface area (Å²) in [5.41, 5.74) is 11.0. The van der Waals surface area contributed by atoms with E-state index >= 15 is 0 Å². The molecular weight excluding hydrogens is 242 g/mol. The van der Waals surface area contributed by atoms with Crippen molar-refractivity contribution in [2.24, 2.45) is 11.7 Å². The monoisotopic (exact) mass is 267 g/mol. The third-order valence-corrected chi connectivity index (χ3v) is 3.90. The van der Waals surface area contributed by atoms with Crippen LogP contribution in [0.5, 0.6) is 0 Å². The Bertz CT molecular complexity index is 528. The van der Waals surface area contributed by atoms with Crippen LogP contribution in [-0.2, 0) is 6.42 Å². The number of benzene rings is 2. The van der Waals surface area contributed by atoms with E-state index in [1.165, 1.54) is 28.7 Å². The zero-order valence-corrected chi connectivity index (χ0v) is 12.6. The second-order valence-electron chi connectivity index (χ2n) is 5.79. The predicted molar refractivity (Wildman–Crippen MR) is 87.8 cm³/mol. The van der Waals surface area contributed by atoms with Gasteiger partial charge < -0.3 is 5.73 Å². The van der Waals surface area contributed by atoms with Gasteiger partial charge in [-0.1, -0.05) is 61.0 Å². The maximum absolute atomic E-state index is 5.61. The van der Waals surface area contributed by atoms with Crippen molar-refractivity contribution in [3.63, 3.8) is 0 Å². The molecule has 20 heavy (non-hydrogen) atoms. The van der Waals surface area contributed by atoms with Crippen molar-refractivity contribution < 1.29 is 0 Å². The summed E-state index contributed by atoms with van der Waals surface area (Å²) in [7, 11) is 0. The second kappa shape index (κ2) is 7.25. The zero-order chi connectivity index (χ0) is 14.4. The highest BCUT2D eigenvalue weighted by Gasteiger charge is 2.03. The summed E-state index contributed by atoms with van der Waals surface area (Å²) >= 11 is 0. The van der Waals surface area contributed by atoms with Crippen molar-refractivity contribution in [3.8, 4) is 11.1 Å². The molecule has 0 aliphatic heterocycles. The largest absolute Gasteiger partial charge is 0.330 e. The molecule has 0 saturated heterocycles. The minimum atomic E-state index is 0.711. The zero-order valence-electron chi connectivity index (χ0n) is 12.6. The van der Waals surface area contributed by atoms with Gasteiger partial charge in [0.15, 0.2) is 0 Å². The first kappa shape index (κ1) is 14.8. The van der Waals surface area contributed by atoms with Crippen LogP contribution >= 0.6 is 0 Å². The van der Waals surface area contributed by atoms with Crippen LogP contribution in [-0.4, -0.2) is 6.54 Å². The lowest BCUT2D eigenvalue weighted by atomic mass is 9.96. The Morgan fingerprint density at radius 3 is 2.40 bits per heavy atom. The second-order valence-corrected chi connectivity index (χ2v) is 5.79. The summed E-state index contributed by atoms with van der Waals surface area (Å²) in [5, 5.41) is 0. The molecule has 0 heterocycles. The number of rotatable bonds is 6. The molecule has 0 amide bonds. The van der Waals surface area contributed by atoms with Gasteiger partial charge in [0.25, 0.3) is 0 Å². The summed E-state index contributed by atoms with van der Waals surface area (Å²) in [6, 6.07) is 17.6. The van der Waals surface area contributed by atoms with Crippen LogP contribution in [0.3, 0.4) is 0 Å². The lowest BCUT2D eigenvalue weighted by Gasteiger charge is -2.10. The standard InChI is InChI=1S/C19H25N/c1-15-7-10-18(11-8-15)19-5-3-4-17(14-19)9-6-16(2)12-13-20/h3-5,7-8,10-11,14,16H,6,9,12-13,20H2,1-2H3. The molecule has 1 unspecified atom stereocenters. The van der Waals surface area contributed by atoms with Crippen molar-refractivity contribution in [1.29, 1.82) is 0 Å². The Balaban J connectivity index is 2.06. The van der Waals surface area contributed by atoms with Gasteiger partial charge in [-0.15, -0.1) is 0 Å². The molecule has 2 aromatic rings. The fraction of sp³-hybridized carbons (Fsp3) is 0.368. The molecule has 1 nitrogen and oxygen atoms in total. The van der Waals surface area contributed by atoms with Crippen LogP contribution < -0.4 is 5.73 Å². The van der Waals surface area contributed by atoms with Crippen LogP contribution in [0.1, 0.15) is 30.9 Å². The van der Waals surface area contributed by atoms with Crippen molar-refractivity contribution >= 4 is 0 Å². The molecule has 1 atom stereocenters. The first-order chi connectivity index (χ1) is 9.69. The molecule has 1 heteroatoms. The topological polar surface area (TPSA) is 26.0 Å². The van der Waals surface area contributed by atoms with E-state index in [9.17, 15) is 0 Å². The van der Waals surface area contributed by atoms with Gasteiger partial charge in [-0.3, -0.25) is 0 Å². The van der Waals surface area contributed by atoms with Gasteiger partial charge in [0, 0.05) is 0 Å². The molecule has 2 rings (SSSR count). The van der Waals surface area contributed by atoms with E-state index in [-0.39, 0.29) is 0 Å². The molecule has 0 spiro atoms. The Morgan fingerprint density at radius 2 is 1.70 bits per heavy atom. The summed E-state index contributed by atoms with van der Waals surface area (Å²) in [5.74, 6) is 0.711. The van der Waals surface area contributed by atoms with Gasteiger partial charge in [-0.05, 0) is 55.3 Å². The maximum atomic E-state index is 5.61. The predicted octanol–water partition coefficient (Wildman–Crippen LogP) is 4.58. The Morgan fingerprint density at radius 1 is 0.950 bits per heavy atom. The first-order valence-electron chi connectivity index (χ1n) is 7.55. The van der Waals surface area contributed by atoms with E-state index < -0.39 is 0 Å². The molecule has 0 radical (unpaired) electrons. The maximum Gasteiger partial charge on any atom is -0.00747 e. The van der Waals surface area contributed by atoms with Gasteiger partial charge in [-0.2, -0.15) is 0 Å². The van der Waals surface area contributed by atoms with E-state index in [2.05, 4.69) is 62.4 Å². The Kier molecular flexibility index (Phi) is 5.37. The minimum Gasteiger partial charge on any atom is -0.330 e. The van der Waals surface area contributed by atoms with E-state index in [1.54, 1.807) is 0 Å². The molecular formula is C19H25N. The Labute approximate surface area is 122 Å². The van der Waals surface area contributed by atoms with E-state index in [0.29, 0.717) is 5.92 Å². The number of nitrogens with two attached hydrogens (primary N) is 1. The summed E-state index contributed by atoms with van der Waals surface area (Å²) in [4.78, 5) is 0. The molecule has 2 aromatic carbocycles. The summed E-state index contributed by atoms with van der Waals surface area (Å²) < 4.78 is 0. The SMILES string of the molecule is Cc1ccc(-c2cccc(CCC(C)CCN)c2)cc1. The first-order valence-corrected chi connectivity index (χ1v) is 7.55. The third kappa shape index (κ3) is 4.21. The summed E-state index contributed by atoms with van der Waals surface area (Å²) in [6.45, 7) is 5.21. The van der Waals surface area contributed by atoms with Gasteiger partial charge in [0.2, 0.25) is 0 Å². The number of hydrogen-bond acceptors (Lipinski definition) is 1.